The molecule has 2 amide bonds. The molecule has 3 aromatic rings. The lowest BCUT2D eigenvalue weighted by Gasteiger charge is -2.33. The average Bonchev–Trinajstić information content (AvgIpc) is 2.66. The van der Waals surface area contributed by atoms with Crippen LogP contribution in [0.25, 0.3) is 10.8 Å². The quantitative estimate of drug-likeness (QED) is 0.462. The van der Waals surface area contributed by atoms with Crippen LogP contribution in [0.1, 0.15) is 17.0 Å². The summed E-state index contributed by atoms with van der Waals surface area (Å²) in [6.07, 6.45) is 0. The average molecular weight is 393 g/mol. The first-order valence-corrected chi connectivity index (χ1v) is 9.05. The van der Waals surface area contributed by atoms with Gasteiger partial charge in [-0.1, -0.05) is 42.5 Å². The number of fused-ring (bicyclic) bond motifs is 3. The van der Waals surface area contributed by atoms with Gasteiger partial charge < -0.3 is 16.4 Å². The molecule has 7 heteroatoms. The van der Waals surface area contributed by atoms with E-state index in [0.29, 0.717) is 11.3 Å². The van der Waals surface area contributed by atoms with Gasteiger partial charge in [-0.05, 0) is 52.3 Å². The van der Waals surface area contributed by atoms with Gasteiger partial charge in [-0.3, -0.25) is 9.59 Å². The number of benzene rings is 3. The standard InChI is InChI=1S/C21H16FN3O2S/c22-13-8-5-12(6-9-13)16-17-14-4-2-1-3-11(14)7-10-15(17)24-19(26)18(16)20(27)25-21(23)28/h1-10,16,18H,(H,24,26)(H3,23,25,27,28). The summed E-state index contributed by atoms with van der Waals surface area (Å²) in [7, 11) is 0. The van der Waals surface area contributed by atoms with Gasteiger partial charge in [0.2, 0.25) is 11.8 Å². The van der Waals surface area contributed by atoms with E-state index in [4.69, 9.17) is 18.0 Å². The Morgan fingerprint density at radius 3 is 2.50 bits per heavy atom. The van der Waals surface area contributed by atoms with E-state index in [9.17, 15) is 14.0 Å². The highest BCUT2D eigenvalue weighted by Crippen LogP contribution is 2.44. The highest BCUT2D eigenvalue weighted by molar-refractivity contribution is 7.80. The fourth-order valence-electron chi connectivity index (χ4n) is 3.77. The van der Waals surface area contributed by atoms with Crippen molar-refractivity contribution < 1.29 is 14.0 Å². The Morgan fingerprint density at radius 1 is 1.07 bits per heavy atom. The number of halogens is 1. The second kappa shape index (κ2) is 7.01. The molecule has 1 aliphatic heterocycles. The molecule has 28 heavy (non-hydrogen) atoms. The molecule has 1 aliphatic rings. The van der Waals surface area contributed by atoms with Crippen LogP contribution in [0, 0.1) is 11.7 Å². The second-order valence-corrected chi connectivity index (χ2v) is 7.04. The number of hydrogen-bond donors (Lipinski definition) is 3. The number of rotatable bonds is 2. The van der Waals surface area contributed by atoms with Crippen molar-refractivity contribution in [3.8, 4) is 0 Å². The first-order valence-electron chi connectivity index (χ1n) is 8.64. The zero-order valence-corrected chi connectivity index (χ0v) is 15.4. The van der Waals surface area contributed by atoms with Gasteiger partial charge >= 0.3 is 0 Å². The van der Waals surface area contributed by atoms with Gasteiger partial charge in [0.25, 0.3) is 0 Å². The number of nitrogens with one attached hydrogen (secondary N) is 2. The van der Waals surface area contributed by atoms with Crippen LogP contribution in [-0.2, 0) is 9.59 Å². The molecule has 5 nitrogen and oxygen atoms in total. The maximum Gasteiger partial charge on any atom is 0.239 e. The van der Waals surface area contributed by atoms with E-state index in [2.05, 4.69) is 10.6 Å². The maximum atomic E-state index is 13.5. The van der Waals surface area contributed by atoms with Gasteiger partial charge in [0.15, 0.2) is 5.11 Å². The third-order valence-corrected chi connectivity index (χ3v) is 5.02. The minimum atomic E-state index is -1.11. The number of carbonyl (C=O) groups is 2. The van der Waals surface area contributed by atoms with Crippen LogP contribution in [0.5, 0.6) is 0 Å². The van der Waals surface area contributed by atoms with E-state index in [1.807, 2.05) is 36.4 Å². The number of carbonyl (C=O) groups excluding carboxylic acids is 2. The number of hydrogen-bond acceptors (Lipinski definition) is 3. The molecular weight excluding hydrogens is 377 g/mol. The van der Waals surface area contributed by atoms with Crippen molar-refractivity contribution in [1.29, 1.82) is 0 Å². The Balaban J connectivity index is 1.97. The zero-order valence-electron chi connectivity index (χ0n) is 14.6. The molecule has 0 fully saturated rings. The van der Waals surface area contributed by atoms with Gasteiger partial charge in [-0.25, -0.2) is 4.39 Å². The van der Waals surface area contributed by atoms with Crippen LogP contribution in [-0.4, -0.2) is 16.9 Å². The van der Waals surface area contributed by atoms with Crippen LogP contribution < -0.4 is 16.4 Å². The molecule has 0 aliphatic carbocycles. The summed E-state index contributed by atoms with van der Waals surface area (Å²) < 4.78 is 13.5. The van der Waals surface area contributed by atoms with Crippen LogP contribution in [0.15, 0.2) is 60.7 Å². The van der Waals surface area contributed by atoms with Crippen LogP contribution in [0.2, 0.25) is 0 Å². The zero-order chi connectivity index (χ0) is 19.8. The lowest BCUT2D eigenvalue weighted by atomic mass is 9.75. The van der Waals surface area contributed by atoms with Crippen molar-refractivity contribution in [2.24, 2.45) is 11.7 Å². The molecule has 2 atom stereocenters. The van der Waals surface area contributed by atoms with Crippen molar-refractivity contribution >= 4 is 45.6 Å². The third kappa shape index (κ3) is 3.10. The first-order chi connectivity index (χ1) is 13.5. The van der Waals surface area contributed by atoms with Crippen molar-refractivity contribution in [1.82, 2.24) is 5.32 Å². The lowest BCUT2D eigenvalue weighted by molar-refractivity contribution is -0.132. The molecular formula is C21H16FN3O2S. The largest absolute Gasteiger partial charge is 0.376 e. The Kier molecular flexibility index (Phi) is 4.52. The van der Waals surface area contributed by atoms with Crippen molar-refractivity contribution in [3.63, 3.8) is 0 Å². The molecule has 0 saturated carbocycles. The second-order valence-electron chi connectivity index (χ2n) is 6.60. The predicted octanol–water partition coefficient (Wildman–Crippen LogP) is 3.04. The minimum absolute atomic E-state index is 0.209. The van der Waals surface area contributed by atoms with Crippen LogP contribution in [0.4, 0.5) is 10.1 Å². The van der Waals surface area contributed by atoms with Gasteiger partial charge in [-0.15, -0.1) is 0 Å². The summed E-state index contributed by atoms with van der Waals surface area (Å²) in [5.41, 5.74) is 7.52. The van der Waals surface area contributed by atoms with Gasteiger partial charge in [0.1, 0.15) is 11.7 Å². The normalized spacial score (nSPS) is 18.2. The van der Waals surface area contributed by atoms with Crippen LogP contribution in [0.3, 0.4) is 0 Å². The van der Waals surface area contributed by atoms with E-state index in [0.717, 1.165) is 16.3 Å². The van der Waals surface area contributed by atoms with E-state index in [-0.39, 0.29) is 5.11 Å². The van der Waals surface area contributed by atoms with E-state index in [1.165, 1.54) is 12.1 Å². The van der Waals surface area contributed by atoms with E-state index < -0.39 is 29.5 Å². The first kappa shape index (κ1) is 18.1. The highest BCUT2D eigenvalue weighted by Gasteiger charge is 2.42. The van der Waals surface area contributed by atoms with Crippen molar-refractivity contribution in [3.05, 3.63) is 77.6 Å². The van der Waals surface area contributed by atoms with Gasteiger partial charge in [0.05, 0.1) is 0 Å². The highest BCUT2D eigenvalue weighted by atomic mass is 32.1. The molecule has 4 N–H and O–H groups in total. The third-order valence-electron chi connectivity index (χ3n) is 4.91. The molecule has 0 radical (unpaired) electrons. The molecule has 0 bridgehead atoms. The van der Waals surface area contributed by atoms with Gasteiger partial charge in [-0.2, -0.15) is 0 Å². The van der Waals surface area contributed by atoms with Crippen LogP contribution >= 0.6 is 12.2 Å². The Hall–Kier alpha value is -3.32. The van der Waals surface area contributed by atoms with E-state index in [1.54, 1.807) is 12.1 Å². The van der Waals surface area contributed by atoms with Crippen molar-refractivity contribution in [2.75, 3.05) is 5.32 Å². The Labute approximate surface area is 165 Å². The lowest BCUT2D eigenvalue weighted by Crippen LogP contribution is -2.47. The SMILES string of the molecule is NC(=S)NC(=O)C1C(=O)Nc2ccc3ccccc3c2C1c1ccc(F)cc1. The maximum absolute atomic E-state index is 13.5. The van der Waals surface area contributed by atoms with Crippen molar-refractivity contribution in [2.45, 2.75) is 5.92 Å². The Morgan fingerprint density at radius 2 is 1.79 bits per heavy atom. The fraction of sp³-hybridized carbons (Fsp3) is 0.0952. The summed E-state index contributed by atoms with van der Waals surface area (Å²) in [6.45, 7) is 0. The Bertz CT molecular complexity index is 1110. The van der Waals surface area contributed by atoms with Gasteiger partial charge in [0, 0.05) is 11.6 Å². The molecule has 0 spiro atoms. The number of nitrogens with two attached hydrogens (primary N) is 1. The molecule has 140 valence electrons. The number of thiocarbonyl (C=S) groups is 1. The topological polar surface area (TPSA) is 84.2 Å². The molecule has 0 aromatic heterocycles. The predicted molar refractivity (Wildman–Crippen MR) is 109 cm³/mol. The number of amides is 2. The smallest absolute Gasteiger partial charge is 0.239 e. The summed E-state index contributed by atoms with van der Waals surface area (Å²) in [4.78, 5) is 25.6. The molecule has 0 saturated heterocycles. The number of anilines is 1. The fourth-order valence-corrected chi connectivity index (χ4v) is 3.87. The molecule has 4 rings (SSSR count). The molecule has 1 heterocycles. The summed E-state index contributed by atoms with van der Waals surface area (Å²) in [6, 6.07) is 17.2. The molecule has 3 aromatic carbocycles. The summed E-state index contributed by atoms with van der Waals surface area (Å²) >= 11 is 4.77. The monoisotopic (exact) mass is 393 g/mol. The molecule has 2 unspecified atom stereocenters. The summed E-state index contributed by atoms with van der Waals surface area (Å²) in [5, 5.41) is 6.84. The summed E-state index contributed by atoms with van der Waals surface area (Å²) in [5.74, 6) is -3.19. The minimum Gasteiger partial charge on any atom is -0.376 e. The van der Waals surface area contributed by atoms with E-state index >= 15 is 0 Å².